The number of benzene rings is 2. The van der Waals surface area contributed by atoms with Gasteiger partial charge in [-0.3, -0.25) is 4.79 Å². The van der Waals surface area contributed by atoms with Gasteiger partial charge < -0.3 is 14.6 Å². The molecule has 140 valence electrons. The maximum atomic E-state index is 13.3. The molecule has 5 heteroatoms. The van der Waals surface area contributed by atoms with Gasteiger partial charge in [-0.1, -0.05) is 24.3 Å². The zero-order valence-corrected chi connectivity index (χ0v) is 15.7. The summed E-state index contributed by atoms with van der Waals surface area (Å²) in [6, 6.07) is 13.9. The minimum atomic E-state index is -0.0334. The molecule has 3 heterocycles. The van der Waals surface area contributed by atoms with Crippen LogP contribution in [-0.2, 0) is 4.79 Å². The Bertz CT molecular complexity index is 1130. The average Bonchev–Trinajstić information content (AvgIpc) is 3.28. The van der Waals surface area contributed by atoms with Crippen LogP contribution in [0.1, 0.15) is 35.8 Å². The van der Waals surface area contributed by atoms with Crippen molar-refractivity contribution in [1.29, 1.82) is 0 Å². The van der Waals surface area contributed by atoms with Crippen LogP contribution in [0.25, 0.3) is 17.1 Å². The highest BCUT2D eigenvalue weighted by atomic mass is 16.5. The van der Waals surface area contributed by atoms with Crippen molar-refractivity contribution in [3.63, 3.8) is 0 Å². The molecule has 2 aliphatic heterocycles. The zero-order valence-electron chi connectivity index (χ0n) is 15.7. The number of nitrogens with zero attached hydrogens (tertiary/aromatic N) is 2. The Labute approximate surface area is 163 Å². The predicted octanol–water partition coefficient (Wildman–Crippen LogP) is 4.52. The molecule has 1 aromatic heterocycles. The molecule has 1 atom stereocenters. The van der Waals surface area contributed by atoms with Crippen molar-refractivity contribution in [3.8, 4) is 5.75 Å². The molecule has 3 aromatic rings. The van der Waals surface area contributed by atoms with E-state index in [1.165, 1.54) is 5.56 Å². The van der Waals surface area contributed by atoms with Crippen LogP contribution in [0.2, 0.25) is 0 Å². The Morgan fingerprint density at radius 1 is 1.25 bits per heavy atom. The van der Waals surface area contributed by atoms with Gasteiger partial charge in [-0.2, -0.15) is 0 Å². The van der Waals surface area contributed by atoms with Gasteiger partial charge in [0.2, 0.25) is 0 Å². The monoisotopic (exact) mass is 371 g/mol. The van der Waals surface area contributed by atoms with Crippen LogP contribution >= 0.6 is 0 Å². The van der Waals surface area contributed by atoms with E-state index >= 15 is 0 Å². The van der Waals surface area contributed by atoms with Crippen molar-refractivity contribution < 1.29 is 9.53 Å². The Morgan fingerprint density at radius 2 is 2.14 bits per heavy atom. The fourth-order valence-electron chi connectivity index (χ4n) is 4.00. The Balaban J connectivity index is 1.48. The van der Waals surface area contributed by atoms with Crippen molar-refractivity contribution >= 4 is 23.0 Å². The molecule has 0 aliphatic carbocycles. The highest BCUT2D eigenvalue weighted by Crippen LogP contribution is 2.34. The lowest BCUT2D eigenvalue weighted by Crippen LogP contribution is -2.31. The van der Waals surface area contributed by atoms with E-state index in [2.05, 4.69) is 24.0 Å². The maximum absolute atomic E-state index is 13.3. The van der Waals surface area contributed by atoms with Crippen LogP contribution in [0.5, 0.6) is 5.75 Å². The summed E-state index contributed by atoms with van der Waals surface area (Å²) in [7, 11) is 0. The third-order valence-corrected chi connectivity index (χ3v) is 5.40. The lowest BCUT2D eigenvalue weighted by Gasteiger charge is -2.23. The highest BCUT2D eigenvalue weighted by Gasteiger charge is 2.33. The van der Waals surface area contributed by atoms with Crippen LogP contribution in [-0.4, -0.2) is 27.3 Å². The van der Waals surface area contributed by atoms with Crippen molar-refractivity contribution in [1.82, 2.24) is 14.9 Å². The number of carbonyl (C=O) groups excluding carboxylic acids is 1. The van der Waals surface area contributed by atoms with E-state index in [0.717, 1.165) is 47.6 Å². The second-order valence-corrected chi connectivity index (χ2v) is 7.36. The highest BCUT2D eigenvalue weighted by molar-refractivity contribution is 6.01. The second-order valence-electron chi connectivity index (χ2n) is 7.36. The van der Waals surface area contributed by atoms with Crippen molar-refractivity contribution in [2.45, 2.75) is 25.8 Å². The normalized spacial score (nSPS) is 18.5. The number of aromatic nitrogens is 2. The number of aromatic amines is 1. The lowest BCUT2D eigenvalue weighted by molar-refractivity contribution is -0.127. The standard InChI is InChI=1S/C23H21N3O2/c1-15-8-9-18-19(13-15)25-22(24-18)20-6-4-11-26(20)23(27)17-10-12-28-21-7-3-2-5-16(21)14-17/h2-3,5,7-10,12-14,20H,4,6,11H2,1H3,(H,24,25). The van der Waals surface area contributed by atoms with E-state index in [1.54, 1.807) is 12.3 Å². The molecule has 5 nitrogen and oxygen atoms in total. The second kappa shape index (κ2) is 6.68. The zero-order chi connectivity index (χ0) is 19.1. The van der Waals surface area contributed by atoms with Crippen LogP contribution in [0.15, 0.2) is 60.4 Å². The van der Waals surface area contributed by atoms with Gasteiger partial charge in [0.15, 0.2) is 0 Å². The summed E-state index contributed by atoms with van der Waals surface area (Å²) in [6.45, 7) is 2.80. The number of imidazole rings is 1. The third-order valence-electron chi connectivity index (χ3n) is 5.40. The maximum Gasteiger partial charge on any atom is 0.254 e. The number of nitrogens with one attached hydrogen (secondary N) is 1. The summed E-state index contributed by atoms with van der Waals surface area (Å²) in [4.78, 5) is 23.4. The molecule has 1 fully saturated rings. The first-order valence-corrected chi connectivity index (χ1v) is 9.60. The van der Waals surface area contributed by atoms with Gasteiger partial charge in [-0.15, -0.1) is 0 Å². The first kappa shape index (κ1) is 16.8. The molecule has 2 aromatic carbocycles. The van der Waals surface area contributed by atoms with E-state index in [-0.39, 0.29) is 11.9 Å². The molecule has 2 aliphatic rings. The summed E-state index contributed by atoms with van der Waals surface area (Å²) in [6.07, 6.45) is 7.12. The van der Waals surface area contributed by atoms with Crippen LogP contribution in [0.3, 0.4) is 0 Å². The van der Waals surface area contributed by atoms with Gasteiger partial charge in [-0.05, 0) is 55.7 Å². The fourth-order valence-corrected chi connectivity index (χ4v) is 4.00. The molecule has 5 rings (SSSR count). The van der Waals surface area contributed by atoms with Crippen molar-refractivity contribution in [2.24, 2.45) is 0 Å². The number of aryl methyl sites for hydroxylation is 1. The van der Waals surface area contributed by atoms with Crippen LogP contribution in [0.4, 0.5) is 0 Å². The molecule has 1 N–H and O–H groups in total. The van der Waals surface area contributed by atoms with Gasteiger partial charge in [-0.25, -0.2) is 4.98 Å². The number of amides is 1. The van der Waals surface area contributed by atoms with Gasteiger partial charge in [0.25, 0.3) is 5.91 Å². The van der Waals surface area contributed by atoms with E-state index in [1.807, 2.05) is 41.3 Å². The number of rotatable bonds is 2. The molecular formula is C23H21N3O2. The van der Waals surface area contributed by atoms with E-state index in [9.17, 15) is 4.79 Å². The number of hydrogen-bond donors (Lipinski definition) is 1. The molecule has 1 saturated heterocycles. The van der Waals surface area contributed by atoms with Gasteiger partial charge in [0.05, 0.1) is 23.3 Å². The van der Waals surface area contributed by atoms with E-state index in [0.29, 0.717) is 5.57 Å². The van der Waals surface area contributed by atoms with Crippen molar-refractivity contribution in [3.05, 3.63) is 77.3 Å². The summed E-state index contributed by atoms with van der Waals surface area (Å²) in [5.41, 5.74) is 4.69. The number of likely N-dealkylation sites (tertiary alicyclic amines) is 1. The van der Waals surface area contributed by atoms with Gasteiger partial charge in [0.1, 0.15) is 11.6 Å². The number of fused-ring (bicyclic) bond motifs is 2. The van der Waals surface area contributed by atoms with Gasteiger partial charge in [0, 0.05) is 17.7 Å². The summed E-state index contributed by atoms with van der Waals surface area (Å²) in [5.74, 6) is 1.63. The quantitative estimate of drug-likeness (QED) is 0.720. The number of hydrogen-bond acceptors (Lipinski definition) is 3. The summed E-state index contributed by atoms with van der Waals surface area (Å²) in [5, 5.41) is 0. The predicted molar refractivity (Wildman–Crippen MR) is 109 cm³/mol. The molecule has 0 spiro atoms. The summed E-state index contributed by atoms with van der Waals surface area (Å²) < 4.78 is 5.63. The number of H-pyrrole nitrogens is 1. The Kier molecular flexibility index (Phi) is 4.01. The molecule has 0 radical (unpaired) electrons. The molecule has 1 amide bonds. The number of ether oxygens (including phenoxy) is 1. The topological polar surface area (TPSA) is 58.2 Å². The van der Waals surface area contributed by atoms with Crippen LogP contribution in [0, 0.1) is 6.92 Å². The third kappa shape index (κ3) is 2.89. The SMILES string of the molecule is Cc1ccc2nc(C3CCCN3C(=O)C3=Cc4ccccc4OC=C3)[nH]c2c1. The number of para-hydroxylation sites is 1. The summed E-state index contributed by atoms with van der Waals surface area (Å²) >= 11 is 0. The first-order valence-electron chi connectivity index (χ1n) is 9.60. The lowest BCUT2D eigenvalue weighted by atomic mass is 10.1. The van der Waals surface area contributed by atoms with Gasteiger partial charge >= 0.3 is 0 Å². The molecule has 1 unspecified atom stereocenters. The number of carbonyl (C=O) groups is 1. The van der Waals surface area contributed by atoms with E-state index in [4.69, 9.17) is 9.72 Å². The van der Waals surface area contributed by atoms with Crippen molar-refractivity contribution in [2.75, 3.05) is 6.54 Å². The minimum absolute atomic E-state index is 0.00990. The Morgan fingerprint density at radius 3 is 3.07 bits per heavy atom. The van der Waals surface area contributed by atoms with E-state index < -0.39 is 0 Å². The average molecular weight is 371 g/mol. The molecule has 0 saturated carbocycles. The fraction of sp³-hybridized carbons (Fsp3) is 0.217. The largest absolute Gasteiger partial charge is 0.464 e. The smallest absolute Gasteiger partial charge is 0.254 e. The molecule has 0 bridgehead atoms. The van der Waals surface area contributed by atoms with Crippen LogP contribution < -0.4 is 4.74 Å². The Hall–Kier alpha value is -3.34. The minimum Gasteiger partial charge on any atom is -0.464 e. The first-order chi connectivity index (χ1) is 13.7. The molecule has 28 heavy (non-hydrogen) atoms. The molecular weight excluding hydrogens is 350 g/mol.